The number of rotatable bonds is 4. The Balaban J connectivity index is 2.03. The molecule has 0 heterocycles. The van der Waals surface area contributed by atoms with Crippen LogP contribution in [0.25, 0.3) is 0 Å². The molecular formula is C15H21N3O2S. The van der Waals surface area contributed by atoms with Crippen molar-refractivity contribution in [3.8, 4) is 6.07 Å². The third-order valence-electron chi connectivity index (χ3n) is 4.13. The molecule has 0 amide bonds. The van der Waals surface area contributed by atoms with Crippen molar-refractivity contribution < 1.29 is 8.42 Å². The van der Waals surface area contributed by atoms with E-state index < -0.39 is 10.0 Å². The number of sulfonamides is 1. The highest BCUT2D eigenvalue weighted by Gasteiger charge is 2.22. The summed E-state index contributed by atoms with van der Waals surface area (Å²) in [7, 11) is -3.61. The van der Waals surface area contributed by atoms with Gasteiger partial charge >= 0.3 is 0 Å². The van der Waals surface area contributed by atoms with Crippen molar-refractivity contribution in [1.29, 1.82) is 5.26 Å². The van der Waals surface area contributed by atoms with Crippen LogP contribution >= 0.6 is 0 Å². The van der Waals surface area contributed by atoms with Crippen LogP contribution < -0.4 is 10.5 Å². The summed E-state index contributed by atoms with van der Waals surface area (Å²) in [6.07, 6.45) is 4.44. The molecule has 3 N–H and O–H groups in total. The topological polar surface area (TPSA) is 96.0 Å². The Morgan fingerprint density at radius 1 is 1.33 bits per heavy atom. The van der Waals surface area contributed by atoms with Gasteiger partial charge in [-0.1, -0.05) is 19.8 Å². The summed E-state index contributed by atoms with van der Waals surface area (Å²) in [5.41, 5.74) is 6.20. The lowest BCUT2D eigenvalue weighted by Crippen LogP contribution is -2.31. The second-order valence-corrected chi connectivity index (χ2v) is 7.58. The molecule has 0 aromatic heterocycles. The molecule has 0 aliphatic heterocycles. The fourth-order valence-electron chi connectivity index (χ4n) is 2.70. The predicted molar refractivity (Wildman–Crippen MR) is 81.9 cm³/mol. The average molecular weight is 307 g/mol. The van der Waals surface area contributed by atoms with Crippen LogP contribution in [0.1, 0.15) is 38.2 Å². The number of nitriles is 1. The molecule has 5 nitrogen and oxygen atoms in total. The number of nitrogen functional groups attached to an aromatic ring is 1. The van der Waals surface area contributed by atoms with Gasteiger partial charge in [0.05, 0.1) is 17.3 Å². The fourth-order valence-corrected chi connectivity index (χ4v) is 3.93. The largest absolute Gasteiger partial charge is 0.398 e. The molecule has 1 aliphatic carbocycles. The molecule has 0 atom stereocenters. The monoisotopic (exact) mass is 307 g/mol. The van der Waals surface area contributed by atoms with Crippen LogP contribution in [0.4, 0.5) is 5.69 Å². The minimum Gasteiger partial charge on any atom is -0.398 e. The van der Waals surface area contributed by atoms with Crippen molar-refractivity contribution in [3.63, 3.8) is 0 Å². The second-order valence-electron chi connectivity index (χ2n) is 5.84. The van der Waals surface area contributed by atoms with Crippen molar-refractivity contribution in [2.24, 2.45) is 11.8 Å². The number of nitrogens with one attached hydrogen (secondary N) is 1. The molecule has 1 aliphatic rings. The zero-order chi connectivity index (χ0) is 15.5. The Hall–Kier alpha value is -1.58. The number of nitrogens with two attached hydrogens (primary N) is 1. The van der Waals surface area contributed by atoms with E-state index in [-0.39, 0.29) is 10.6 Å². The van der Waals surface area contributed by atoms with Crippen LogP contribution in [0.5, 0.6) is 0 Å². The molecule has 1 fully saturated rings. The first-order valence-electron chi connectivity index (χ1n) is 7.21. The van der Waals surface area contributed by atoms with E-state index in [4.69, 9.17) is 11.0 Å². The average Bonchev–Trinajstić information content (AvgIpc) is 2.46. The third-order valence-corrected chi connectivity index (χ3v) is 5.62. The number of hydrogen-bond donors (Lipinski definition) is 2. The molecule has 0 bridgehead atoms. The first-order chi connectivity index (χ1) is 9.92. The van der Waals surface area contributed by atoms with Crippen molar-refractivity contribution in [3.05, 3.63) is 23.8 Å². The number of benzene rings is 1. The lowest BCUT2D eigenvalue weighted by Gasteiger charge is -2.26. The minimum absolute atomic E-state index is 0.0469. The third kappa shape index (κ3) is 3.96. The second kappa shape index (κ2) is 6.46. The molecule has 0 unspecified atom stereocenters. The molecular weight excluding hydrogens is 286 g/mol. The Kier molecular flexibility index (Phi) is 4.86. The van der Waals surface area contributed by atoms with E-state index in [1.54, 1.807) is 0 Å². The lowest BCUT2D eigenvalue weighted by molar-refractivity contribution is 0.290. The molecule has 0 radical (unpaired) electrons. The van der Waals surface area contributed by atoms with Crippen LogP contribution in [0.3, 0.4) is 0 Å². The number of nitrogens with zero attached hydrogens (tertiary/aromatic N) is 1. The Morgan fingerprint density at radius 2 is 2.00 bits per heavy atom. The summed E-state index contributed by atoms with van der Waals surface area (Å²) >= 11 is 0. The van der Waals surface area contributed by atoms with Crippen molar-refractivity contribution >= 4 is 15.7 Å². The summed E-state index contributed by atoms with van der Waals surface area (Å²) < 4.78 is 27.2. The van der Waals surface area contributed by atoms with Gasteiger partial charge in [0, 0.05) is 6.54 Å². The van der Waals surface area contributed by atoms with E-state index in [1.165, 1.54) is 18.2 Å². The van der Waals surface area contributed by atoms with Crippen molar-refractivity contribution in [1.82, 2.24) is 4.72 Å². The Morgan fingerprint density at radius 3 is 2.57 bits per heavy atom. The quantitative estimate of drug-likeness (QED) is 0.834. The van der Waals surface area contributed by atoms with Crippen LogP contribution in [-0.4, -0.2) is 15.0 Å². The first kappa shape index (κ1) is 15.8. The van der Waals surface area contributed by atoms with Gasteiger partial charge in [-0.2, -0.15) is 5.26 Å². The maximum absolute atomic E-state index is 12.3. The fraction of sp³-hybridized carbons (Fsp3) is 0.533. The van der Waals surface area contributed by atoms with Crippen LogP contribution in [-0.2, 0) is 10.0 Å². The maximum Gasteiger partial charge on any atom is 0.242 e. The van der Waals surface area contributed by atoms with Gasteiger partial charge < -0.3 is 5.73 Å². The van der Waals surface area contributed by atoms with Gasteiger partial charge in [0.2, 0.25) is 10.0 Å². The highest BCUT2D eigenvalue weighted by atomic mass is 32.2. The standard InChI is InChI=1S/C15H21N3O2S/c1-11-2-4-12(5-3-11)10-18-21(19,20)15-7-6-13(9-16)8-14(15)17/h6-8,11-12,18H,2-5,10,17H2,1H3. The number of hydrogen-bond acceptors (Lipinski definition) is 4. The maximum atomic E-state index is 12.3. The molecule has 2 rings (SSSR count). The van der Waals surface area contributed by atoms with E-state index in [2.05, 4.69) is 11.6 Å². The molecule has 114 valence electrons. The molecule has 0 saturated heterocycles. The molecule has 1 saturated carbocycles. The van der Waals surface area contributed by atoms with Crippen LogP contribution in [0.15, 0.2) is 23.1 Å². The van der Waals surface area contributed by atoms with Crippen LogP contribution in [0, 0.1) is 23.2 Å². The van der Waals surface area contributed by atoms with Gasteiger partial charge in [-0.05, 0) is 42.9 Å². The van der Waals surface area contributed by atoms with E-state index >= 15 is 0 Å². The van der Waals surface area contributed by atoms with Crippen molar-refractivity contribution in [2.75, 3.05) is 12.3 Å². The molecule has 1 aromatic carbocycles. The Bertz CT molecular complexity index is 641. The van der Waals surface area contributed by atoms with Crippen molar-refractivity contribution in [2.45, 2.75) is 37.5 Å². The zero-order valence-electron chi connectivity index (χ0n) is 12.2. The van der Waals surface area contributed by atoms with E-state index in [0.717, 1.165) is 31.6 Å². The van der Waals surface area contributed by atoms with E-state index in [0.29, 0.717) is 18.0 Å². The van der Waals surface area contributed by atoms with Gasteiger partial charge in [0.25, 0.3) is 0 Å². The molecule has 21 heavy (non-hydrogen) atoms. The van der Waals surface area contributed by atoms with Gasteiger partial charge in [0.15, 0.2) is 0 Å². The lowest BCUT2D eigenvalue weighted by atomic mass is 9.83. The van der Waals surface area contributed by atoms with Gasteiger partial charge in [-0.25, -0.2) is 13.1 Å². The summed E-state index contributed by atoms with van der Waals surface area (Å²) in [6, 6.07) is 6.18. The molecule has 1 aromatic rings. The zero-order valence-corrected chi connectivity index (χ0v) is 13.0. The van der Waals surface area contributed by atoms with Crippen LogP contribution in [0.2, 0.25) is 0 Å². The highest BCUT2D eigenvalue weighted by molar-refractivity contribution is 7.89. The molecule has 0 spiro atoms. The summed E-state index contributed by atoms with van der Waals surface area (Å²) in [4.78, 5) is 0.0469. The Labute approximate surface area is 126 Å². The number of anilines is 1. The minimum atomic E-state index is -3.61. The molecule has 6 heteroatoms. The van der Waals surface area contributed by atoms with E-state index in [9.17, 15) is 8.42 Å². The predicted octanol–water partition coefficient (Wildman–Crippen LogP) is 2.25. The first-order valence-corrected chi connectivity index (χ1v) is 8.70. The highest BCUT2D eigenvalue weighted by Crippen LogP contribution is 2.28. The normalized spacial score (nSPS) is 22.7. The summed E-state index contributed by atoms with van der Waals surface area (Å²) in [6.45, 7) is 2.69. The van der Waals surface area contributed by atoms with Gasteiger partial charge in [-0.3, -0.25) is 0 Å². The van der Waals surface area contributed by atoms with Gasteiger partial charge in [-0.15, -0.1) is 0 Å². The smallest absolute Gasteiger partial charge is 0.242 e. The van der Waals surface area contributed by atoms with E-state index in [1.807, 2.05) is 6.07 Å². The summed E-state index contributed by atoms with van der Waals surface area (Å²) in [5, 5.41) is 8.78. The van der Waals surface area contributed by atoms with Gasteiger partial charge in [0.1, 0.15) is 4.90 Å². The summed E-state index contributed by atoms with van der Waals surface area (Å²) in [5.74, 6) is 1.14. The SMILES string of the molecule is CC1CCC(CNS(=O)(=O)c2ccc(C#N)cc2N)CC1.